The van der Waals surface area contributed by atoms with Crippen molar-refractivity contribution in [3.05, 3.63) is 23.8 Å². The minimum Gasteiger partial charge on any atom is -0.495 e. The molecule has 0 spiro atoms. The van der Waals surface area contributed by atoms with Crippen LogP contribution >= 0.6 is 0 Å². The molecule has 1 aromatic rings. The molecule has 1 fully saturated rings. The Hall–Kier alpha value is -1.11. The second kappa shape index (κ2) is 5.94. The highest BCUT2D eigenvalue weighted by Crippen LogP contribution is 2.29. The van der Waals surface area contributed by atoms with Crippen molar-refractivity contribution in [3.63, 3.8) is 0 Å². The molecule has 2 unspecified atom stereocenters. The monoisotopic (exact) mass is 312 g/mol. The summed E-state index contributed by atoms with van der Waals surface area (Å²) in [6.45, 7) is 6.98. The van der Waals surface area contributed by atoms with Crippen LogP contribution in [0.2, 0.25) is 0 Å². The third-order valence-electron chi connectivity index (χ3n) is 4.26. The number of benzene rings is 1. The van der Waals surface area contributed by atoms with Crippen LogP contribution in [0.15, 0.2) is 23.1 Å². The molecule has 1 heterocycles. The summed E-state index contributed by atoms with van der Waals surface area (Å²) in [5, 5.41) is 0. The molecule has 1 aliphatic rings. The van der Waals surface area contributed by atoms with Gasteiger partial charge in [-0.15, -0.1) is 0 Å². The fourth-order valence-corrected chi connectivity index (χ4v) is 4.52. The van der Waals surface area contributed by atoms with Gasteiger partial charge in [0.15, 0.2) is 0 Å². The van der Waals surface area contributed by atoms with E-state index in [9.17, 15) is 8.42 Å². The Balaban J connectivity index is 2.41. The van der Waals surface area contributed by atoms with E-state index in [1.54, 1.807) is 16.4 Å². The number of hydrogen-bond acceptors (Lipinski definition) is 4. The quantitative estimate of drug-likeness (QED) is 0.853. The molecule has 21 heavy (non-hydrogen) atoms. The fourth-order valence-electron chi connectivity index (χ4n) is 2.68. The Morgan fingerprint density at radius 3 is 2.29 bits per heavy atom. The molecule has 118 valence electrons. The Morgan fingerprint density at radius 1 is 1.19 bits per heavy atom. The van der Waals surface area contributed by atoms with Crippen LogP contribution < -0.4 is 4.74 Å². The van der Waals surface area contributed by atoms with Gasteiger partial charge < -0.3 is 4.74 Å². The van der Waals surface area contributed by atoms with Gasteiger partial charge in [0.2, 0.25) is 10.0 Å². The first-order valence-electron chi connectivity index (χ1n) is 7.14. The highest BCUT2D eigenvalue weighted by molar-refractivity contribution is 7.89. The smallest absolute Gasteiger partial charge is 0.246 e. The summed E-state index contributed by atoms with van der Waals surface area (Å²) in [6.07, 6.45) is 0. The van der Waals surface area contributed by atoms with Crippen LogP contribution in [0.4, 0.5) is 0 Å². The van der Waals surface area contributed by atoms with Crippen LogP contribution in [0.1, 0.15) is 19.4 Å². The normalized spacial score (nSPS) is 25.0. The predicted octanol–water partition coefficient (Wildman–Crippen LogP) is 1.72. The summed E-state index contributed by atoms with van der Waals surface area (Å²) in [4.78, 5) is 2.47. The molecule has 0 bridgehead atoms. The van der Waals surface area contributed by atoms with E-state index in [1.807, 2.05) is 33.9 Å². The summed E-state index contributed by atoms with van der Waals surface area (Å²) in [7, 11) is -0.00169. The van der Waals surface area contributed by atoms with Gasteiger partial charge in [-0.2, -0.15) is 4.31 Å². The number of hydrogen-bond donors (Lipinski definition) is 0. The van der Waals surface area contributed by atoms with Crippen molar-refractivity contribution >= 4 is 10.0 Å². The van der Waals surface area contributed by atoms with Crippen molar-refractivity contribution in [2.24, 2.45) is 0 Å². The van der Waals surface area contributed by atoms with Gasteiger partial charge in [-0.1, -0.05) is 6.07 Å². The minimum atomic E-state index is -3.53. The van der Waals surface area contributed by atoms with E-state index >= 15 is 0 Å². The number of rotatable bonds is 3. The van der Waals surface area contributed by atoms with E-state index < -0.39 is 10.0 Å². The topological polar surface area (TPSA) is 49.9 Å². The van der Waals surface area contributed by atoms with Gasteiger partial charge >= 0.3 is 0 Å². The lowest BCUT2D eigenvalue weighted by Gasteiger charge is -2.41. The number of piperazine rings is 1. The molecule has 1 aliphatic heterocycles. The first-order chi connectivity index (χ1) is 9.77. The molecule has 6 heteroatoms. The maximum Gasteiger partial charge on any atom is 0.246 e. The summed E-state index contributed by atoms with van der Waals surface area (Å²) in [5.74, 6) is 0.403. The number of aryl methyl sites for hydroxylation is 1. The second-order valence-electron chi connectivity index (χ2n) is 5.84. The third-order valence-corrected chi connectivity index (χ3v) is 6.12. The summed E-state index contributed by atoms with van der Waals surface area (Å²) in [5.41, 5.74) is 0.907. The number of ether oxygens (including phenoxy) is 1. The number of nitrogens with zero attached hydrogens (tertiary/aromatic N) is 2. The molecular weight excluding hydrogens is 288 g/mol. The summed E-state index contributed by atoms with van der Waals surface area (Å²) in [6, 6.07) is 5.64. The van der Waals surface area contributed by atoms with Crippen LogP contribution in [0.5, 0.6) is 5.75 Å². The van der Waals surface area contributed by atoms with Gasteiger partial charge in [-0.3, -0.25) is 4.90 Å². The maximum absolute atomic E-state index is 12.9. The standard InChI is InChI=1S/C15H24N2O3S/c1-11-6-7-14(20-5)15(8-11)21(18,19)17-9-12(2)16(4)13(3)10-17/h6-8,12-13H,9-10H2,1-5H3. The van der Waals surface area contributed by atoms with E-state index in [-0.39, 0.29) is 17.0 Å². The fraction of sp³-hybridized carbons (Fsp3) is 0.600. The molecule has 0 saturated carbocycles. The van der Waals surface area contributed by atoms with Crippen LogP contribution in [-0.2, 0) is 10.0 Å². The van der Waals surface area contributed by atoms with E-state index in [4.69, 9.17) is 4.74 Å². The molecule has 2 atom stereocenters. The molecule has 0 amide bonds. The highest BCUT2D eigenvalue weighted by atomic mass is 32.2. The van der Waals surface area contributed by atoms with Crippen LogP contribution in [0.25, 0.3) is 0 Å². The molecule has 0 aromatic heterocycles. The molecule has 2 rings (SSSR count). The SMILES string of the molecule is COc1ccc(C)cc1S(=O)(=O)N1CC(C)N(C)C(C)C1. The maximum atomic E-state index is 12.9. The first-order valence-corrected chi connectivity index (χ1v) is 8.58. The summed E-state index contributed by atoms with van der Waals surface area (Å²) < 4.78 is 32.7. The average molecular weight is 312 g/mol. The molecule has 5 nitrogen and oxygen atoms in total. The molecule has 0 aliphatic carbocycles. The lowest BCUT2D eigenvalue weighted by molar-refractivity contribution is 0.105. The van der Waals surface area contributed by atoms with Gasteiger partial charge in [-0.05, 0) is 45.5 Å². The van der Waals surface area contributed by atoms with Crippen LogP contribution in [-0.4, -0.2) is 57.0 Å². The van der Waals surface area contributed by atoms with Crippen LogP contribution in [0.3, 0.4) is 0 Å². The van der Waals surface area contributed by atoms with E-state index in [0.29, 0.717) is 18.8 Å². The Bertz CT molecular complexity index is 603. The first kappa shape index (κ1) is 16.3. The zero-order valence-corrected chi connectivity index (χ0v) is 14.1. The lowest BCUT2D eigenvalue weighted by Crippen LogP contribution is -2.56. The van der Waals surface area contributed by atoms with E-state index in [0.717, 1.165) is 5.56 Å². The van der Waals surface area contributed by atoms with Crippen LogP contribution in [0, 0.1) is 6.92 Å². The number of sulfonamides is 1. The largest absolute Gasteiger partial charge is 0.495 e. The highest BCUT2D eigenvalue weighted by Gasteiger charge is 2.35. The van der Waals surface area contributed by atoms with Gasteiger partial charge in [0.1, 0.15) is 10.6 Å². The Morgan fingerprint density at radius 2 is 1.76 bits per heavy atom. The molecule has 1 aromatic carbocycles. The number of likely N-dealkylation sites (N-methyl/N-ethyl adjacent to an activating group) is 1. The van der Waals surface area contributed by atoms with Crippen molar-refractivity contribution in [3.8, 4) is 5.75 Å². The van der Waals surface area contributed by atoms with Crippen molar-refractivity contribution in [2.45, 2.75) is 37.8 Å². The number of methoxy groups -OCH3 is 1. The molecule has 0 radical (unpaired) electrons. The molecule has 1 saturated heterocycles. The Kier molecular flexibility index (Phi) is 4.60. The zero-order chi connectivity index (χ0) is 15.8. The van der Waals surface area contributed by atoms with Crippen molar-refractivity contribution in [1.82, 2.24) is 9.21 Å². The minimum absolute atomic E-state index is 0.194. The van der Waals surface area contributed by atoms with Crippen molar-refractivity contribution in [1.29, 1.82) is 0 Å². The average Bonchev–Trinajstić information content (AvgIpc) is 2.44. The lowest BCUT2D eigenvalue weighted by atomic mass is 10.1. The van der Waals surface area contributed by atoms with E-state index in [2.05, 4.69) is 4.90 Å². The summed E-state index contributed by atoms with van der Waals surface area (Å²) >= 11 is 0. The molecule has 0 N–H and O–H groups in total. The zero-order valence-electron chi connectivity index (χ0n) is 13.3. The predicted molar refractivity (Wildman–Crippen MR) is 83.2 cm³/mol. The van der Waals surface area contributed by atoms with Gasteiger partial charge in [0.05, 0.1) is 7.11 Å². The van der Waals surface area contributed by atoms with Crippen molar-refractivity contribution in [2.75, 3.05) is 27.2 Å². The third kappa shape index (κ3) is 3.07. The second-order valence-corrected chi connectivity index (χ2v) is 7.75. The molecular formula is C15H24N2O3S. The van der Waals surface area contributed by atoms with Gasteiger partial charge in [-0.25, -0.2) is 8.42 Å². The van der Waals surface area contributed by atoms with Gasteiger partial charge in [0.25, 0.3) is 0 Å². The van der Waals surface area contributed by atoms with Crippen molar-refractivity contribution < 1.29 is 13.2 Å². The van der Waals surface area contributed by atoms with Gasteiger partial charge in [0, 0.05) is 25.2 Å². The van der Waals surface area contributed by atoms with E-state index in [1.165, 1.54) is 7.11 Å². The Labute approximate surface area is 127 Å².